The Kier molecular flexibility index (Phi) is 20.3. The first-order chi connectivity index (χ1) is 34.1. The number of hydrogen-bond donors (Lipinski definition) is 0. The van der Waals surface area contributed by atoms with Crippen molar-refractivity contribution in [2.24, 2.45) is 4.99 Å². The molecule has 0 saturated carbocycles. The van der Waals surface area contributed by atoms with Gasteiger partial charge in [0.1, 0.15) is 12.1 Å². The van der Waals surface area contributed by atoms with Crippen LogP contribution < -0.4 is 143 Å². The first-order valence-electron chi connectivity index (χ1n) is 21.8. The van der Waals surface area contributed by atoms with E-state index in [9.17, 15) is 4.39 Å². The van der Waals surface area contributed by atoms with Crippen molar-refractivity contribution >= 4 is 29.4 Å². The molecule has 0 bridgehead atoms. The van der Waals surface area contributed by atoms with Crippen molar-refractivity contribution in [3.63, 3.8) is 0 Å². The van der Waals surface area contributed by atoms with E-state index in [0.29, 0.717) is 17.2 Å². The Hall–Kier alpha value is -5.36. The quantitative estimate of drug-likeness (QED) is 0.115. The van der Waals surface area contributed by atoms with E-state index >= 15 is 0 Å². The summed E-state index contributed by atoms with van der Waals surface area (Å²) in [5.41, 5.74) is 10.7. The Bertz CT molecular complexity index is 3470. The molecule has 1 aliphatic heterocycles. The monoisotopic (exact) mass is 1170 g/mol. The second kappa shape index (κ2) is 26.9. The summed E-state index contributed by atoms with van der Waals surface area (Å²) < 4.78 is 20.4. The molecule has 3 aromatic heterocycles. The number of rotatable bonds is 8. The van der Waals surface area contributed by atoms with Crippen molar-refractivity contribution < 1.29 is 159 Å². The summed E-state index contributed by atoms with van der Waals surface area (Å²) in [6.07, 6.45) is 4.83. The number of carbonyl (C=O) groups excluding carboxylic acids is 1. The minimum Gasteiger partial charge on any atom is -1.00 e. The van der Waals surface area contributed by atoms with Crippen LogP contribution in [0.25, 0.3) is 73.6 Å². The smallest absolute Gasteiger partial charge is 1.00 e. The molecule has 0 atom stereocenters. The minimum atomic E-state index is -0.318. The average Bonchev–Trinajstić information content (AvgIpc) is 4.27. The Morgan fingerprint density at radius 1 is 0.521 bits per heavy atom. The summed E-state index contributed by atoms with van der Waals surface area (Å²) >= 11 is 0. The van der Waals surface area contributed by atoms with Crippen molar-refractivity contribution in [2.45, 2.75) is 6.42 Å². The van der Waals surface area contributed by atoms with Crippen molar-refractivity contribution in [3.05, 3.63) is 236 Å². The van der Waals surface area contributed by atoms with Crippen LogP contribution in [0.3, 0.4) is 0 Å². The van der Waals surface area contributed by atoms with E-state index < -0.39 is 0 Å². The number of aliphatic imine (C=N–C) groups is 1. The summed E-state index contributed by atoms with van der Waals surface area (Å²) in [6, 6.07) is 71.1. The zero-order valence-electron chi connectivity index (χ0n) is 39.9. The van der Waals surface area contributed by atoms with Gasteiger partial charge in [0.15, 0.2) is 23.3 Å². The fraction of sp³-hybridized carbons (Fsp3) is 0.0179. The van der Waals surface area contributed by atoms with E-state index in [1.165, 1.54) is 11.6 Å². The second-order valence-electron chi connectivity index (χ2n) is 15.2. The van der Waals surface area contributed by atoms with Crippen LogP contribution in [0.5, 0.6) is 0 Å². The molecule has 338 valence electrons. The van der Waals surface area contributed by atoms with Gasteiger partial charge in [-0.05, 0) is 72.3 Å². The van der Waals surface area contributed by atoms with Crippen molar-refractivity contribution in [3.8, 4) is 62.6 Å². The number of halogens is 1. The SMILES string of the molecule is C1=Nc2ccccc2C1.Fc1ccccc1-c1nnc(-c2ccccc2)n1-c1ccccc1.O=CO[O-].[Cs+].[Cs+].[H-].c1ccc(-c2nnc(-c3ccccc3-n3cnc4ccccc43)n2-c2ccccc2)cc1. The van der Waals surface area contributed by atoms with Crippen LogP contribution in [-0.2, 0) is 16.1 Å². The van der Waals surface area contributed by atoms with Gasteiger partial charge >= 0.3 is 138 Å². The Morgan fingerprint density at radius 3 is 1.54 bits per heavy atom. The molecule has 11 aromatic rings. The molecular formula is C56H42Cs2FN9O3. The third-order valence-corrected chi connectivity index (χ3v) is 11.0. The molecule has 0 radical (unpaired) electrons. The number of hydrogen-bond acceptors (Lipinski definition) is 9. The molecule has 0 aliphatic carbocycles. The van der Waals surface area contributed by atoms with Gasteiger partial charge in [-0.15, -0.1) is 20.4 Å². The average molecular weight is 1170 g/mol. The summed E-state index contributed by atoms with van der Waals surface area (Å²) in [6.45, 7) is -0.181. The van der Waals surface area contributed by atoms with Gasteiger partial charge in [0.25, 0.3) is 6.47 Å². The van der Waals surface area contributed by atoms with Crippen LogP contribution in [0.2, 0.25) is 0 Å². The molecule has 0 amide bonds. The van der Waals surface area contributed by atoms with Crippen molar-refractivity contribution in [1.82, 2.24) is 39.1 Å². The van der Waals surface area contributed by atoms with Gasteiger partial charge in [0, 0.05) is 40.7 Å². The molecule has 71 heavy (non-hydrogen) atoms. The van der Waals surface area contributed by atoms with Crippen molar-refractivity contribution in [2.75, 3.05) is 0 Å². The number of imidazole rings is 1. The maximum atomic E-state index is 14.3. The molecule has 4 heterocycles. The van der Waals surface area contributed by atoms with E-state index in [4.69, 9.17) is 10.1 Å². The standard InChI is InChI=1S/C27H19N5.C20H14FN3.C8H7N.CH2O3.2Cs.H/c1-3-11-20(12-4-1)26-29-30-27(32(26)21-13-5-2-6-14-21)22-15-7-9-17-24(22)31-19-28-23-16-8-10-18-25(23)31;21-18-14-8-7-13-17(18)20-23-22-19(15-9-3-1-4-10-15)24(20)16-11-5-2-6-12-16;1-2-4-8-7(3-1)5-6-9-8;2-1-4-3;;;/h1-19H;1-14H;1-4,6H,5H2;1,3H;;;/q;;;;2*+1;-1/p-1. The Balaban J connectivity index is 0.000000186. The molecule has 0 saturated heterocycles. The predicted molar refractivity (Wildman–Crippen MR) is 266 cm³/mol. The van der Waals surface area contributed by atoms with E-state index in [0.717, 1.165) is 68.5 Å². The van der Waals surface area contributed by atoms with Crippen LogP contribution in [0, 0.1) is 5.82 Å². The Labute approximate surface area is 528 Å². The number of nitrogens with zero attached hydrogens (tertiary/aromatic N) is 9. The molecule has 12 rings (SSSR count). The maximum Gasteiger partial charge on any atom is 1.00 e. The maximum absolute atomic E-state index is 14.3. The van der Waals surface area contributed by atoms with Gasteiger partial charge in [-0.3, -0.25) is 23.5 Å². The summed E-state index contributed by atoms with van der Waals surface area (Å²) in [4.78, 5) is 20.0. The van der Waals surface area contributed by atoms with Crippen molar-refractivity contribution in [1.29, 1.82) is 0 Å². The molecule has 1 aliphatic rings. The van der Waals surface area contributed by atoms with E-state index in [1.807, 2.05) is 163 Å². The largest absolute Gasteiger partial charge is 1.00 e. The topological polar surface area (TPSA) is 141 Å². The number of fused-ring (bicyclic) bond motifs is 2. The van der Waals surface area contributed by atoms with Crippen LogP contribution in [0.4, 0.5) is 10.1 Å². The summed E-state index contributed by atoms with van der Waals surface area (Å²) in [5, 5.41) is 26.3. The van der Waals surface area contributed by atoms with Gasteiger partial charge in [-0.1, -0.05) is 152 Å². The molecule has 0 unspecified atom stereocenters. The van der Waals surface area contributed by atoms with E-state index in [-0.39, 0.29) is 152 Å². The molecule has 12 nitrogen and oxygen atoms in total. The number of para-hydroxylation sites is 6. The third kappa shape index (κ3) is 12.8. The van der Waals surface area contributed by atoms with Gasteiger partial charge in [-0.2, -0.15) is 0 Å². The van der Waals surface area contributed by atoms with Gasteiger partial charge in [0.2, 0.25) is 0 Å². The van der Waals surface area contributed by atoms with Gasteiger partial charge < -0.3 is 11.6 Å². The fourth-order valence-corrected chi connectivity index (χ4v) is 7.83. The minimum absolute atomic E-state index is 0. The second-order valence-corrected chi connectivity index (χ2v) is 15.2. The predicted octanol–water partition coefficient (Wildman–Crippen LogP) is 5.18. The normalized spacial score (nSPS) is 10.7. The van der Waals surface area contributed by atoms with Gasteiger partial charge in [-0.25, -0.2) is 9.37 Å². The van der Waals surface area contributed by atoms with Crippen LogP contribution in [0.1, 0.15) is 6.99 Å². The summed E-state index contributed by atoms with van der Waals surface area (Å²) in [5.74, 6) is 2.43. The summed E-state index contributed by atoms with van der Waals surface area (Å²) in [7, 11) is 0. The first-order valence-corrected chi connectivity index (χ1v) is 21.8. The molecule has 0 spiro atoms. The number of carbonyl (C=O) groups is 1. The van der Waals surface area contributed by atoms with Crippen LogP contribution >= 0.6 is 0 Å². The molecule has 15 heteroatoms. The number of aromatic nitrogens is 8. The number of benzene rings is 8. The third-order valence-electron chi connectivity index (χ3n) is 11.0. The van der Waals surface area contributed by atoms with Crippen LogP contribution in [0.15, 0.2) is 230 Å². The first kappa shape index (κ1) is 53.4. The van der Waals surface area contributed by atoms with Gasteiger partial charge in [0.05, 0.1) is 28.0 Å². The van der Waals surface area contributed by atoms with E-state index in [1.54, 1.807) is 18.2 Å². The zero-order valence-corrected chi connectivity index (χ0v) is 51.4. The molecule has 0 fully saturated rings. The van der Waals surface area contributed by atoms with E-state index in [2.05, 4.69) is 92.9 Å². The Morgan fingerprint density at radius 2 is 0.972 bits per heavy atom. The fourth-order valence-electron chi connectivity index (χ4n) is 7.83. The zero-order chi connectivity index (χ0) is 47.2. The molecular weight excluding hydrogens is 1130 g/mol. The molecule has 0 N–H and O–H groups in total. The molecule has 8 aromatic carbocycles. The van der Waals surface area contributed by atoms with Crippen LogP contribution in [-0.4, -0.2) is 51.8 Å².